The summed E-state index contributed by atoms with van der Waals surface area (Å²) >= 11 is 0. The van der Waals surface area contributed by atoms with E-state index in [1.54, 1.807) is 0 Å². The van der Waals surface area contributed by atoms with E-state index >= 15 is 0 Å². The third-order valence-electron chi connectivity index (χ3n) is 3.35. The Morgan fingerprint density at radius 2 is 1.89 bits per heavy atom. The summed E-state index contributed by atoms with van der Waals surface area (Å²) in [7, 11) is 0. The molecule has 0 aromatic carbocycles. The van der Waals surface area contributed by atoms with Gasteiger partial charge in [-0.2, -0.15) is 0 Å². The molecule has 0 bridgehead atoms. The van der Waals surface area contributed by atoms with Gasteiger partial charge in [-0.25, -0.2) is 9.59 Å². The first-order valence-corrected chi connectivity index (χ1v) is 5.92. The second-order valence-corrected chi connectivity index (χ2v) is 4.57. The molecule has 7 heteroatoms. The molecule has 18 heavy (non-hydrogen) atoms. The molecular weight excluding hydrogens is 240 g/mol. The standard InChI is InChI=1S/C11H18N2O5/c1-2-11(4-3-5-11)13-10(18)12-7(9(16)17)6-8(14)15/h7H,2-6H2,1H3,(H,14,15)(H,16,17)(H2,12,13,18). The molecule has 2 amide bonds. The van der Waals surface area contributed by atoms with E-state index in [1.165, 1.54) is 0 Å². The van der Waals surface area contributed by atoms with Crippen LogP contribution in [0.5, 0.6) is 0 Å². The van der Waals surface area contributed by atoms with Crippen LogP contribution in [0.25, 0.3) is 0 Å². The van der Waals surface area contributed by atoms with Crippen molar-refractivity contribution in [1.82, 2.24) is 10.6 Å². The summed E-state index contributed by atoms with van der Waals surface area (Å²) in [4.78, 5) is 32.9. The largest absolute Gasteiger partial charge is 0.481 e. The molecule has 102 valence electrons. The van der Waals surface area contributed by atoms with Gasteiger partial charge in [-0.15, -0.1) is 0 Å². The molecule has 0 saturated heterocycles. The smallest absolute Gasteiger partial charge is 0.326 e. The Morgan fingerprint density at radius 1 is 1.28 bits per heavy atom. The summed E-state index contributed by atoms with van der Waals surface area (Å²) in [5.41, 5.74) is -0.254. The minimum absolute atomic E-state index is 0.254. The highest BCUT2D eigenvalue weighted by Gasteiger charge is 2.37. The number of carbonyl (C=O) groups is 3. The Balaban J connectivity index is 2.50. The van der Waals surface area contributed by atoms with Crippen LogP contribution in [0.4, 0.5) is 4.79 Å². The number of hydrogen-bond donors (Lipinski definition) is 4. The van der Waals surface area contributed by atoms with Crippen LogP contribution in [0.3, 0.4) is 0 Å². The molecule has 0 radical (unpaired) electrons. The Hall–Kier alpha value is -1.79. The third kappa shape index (κ3) is 3.61. The van der Waals surface area contributed by atoms with Crippen LogP contribution < -0.4 is 10.6 Å². The Labute approximate surface area is 105 Å². The van der Waals surface area contributed by atoms with Gasteiger partial charge in [0, 0.05) is 5.54 Å². The summed E-state index contributed by atoms with van der Waals surface area (Å²) < 4.78 is 0. The molecule has 0 aromatic heterocycles. The third-order valence-corrected chi connectivity index (χ3v) is 3.35. The molecule has 1 aliphatic carbocycles. The van der Waals surface area contributed by atoms with Crippen LogP contribution in [0.15, 0.2) is 0 Å². The SMILES string of the molecule is CCC1(NC(=O)NC(CC(=O)O)C(=O)O)CCC1. The monoisotopic (exact) mass is 258 g/mol. The first-order valence-electron chi connectivity index (χ1n) is 5.92. The number of carboxylic acid groups (broad SMARTS) is 2. The van der Waals surface area contributed by atoms with Crippen molar-refractivity contribution in [3.05, 3.63) is 0 Å². The Kier molecular flexibility index (Phi) is 4.52. The summed E-state index contributed by atoms with van der Waals surface area (Å²) in [6.45, 7) is 1.95. The molecule has 0 spiro atoms. The summed E-state index contributed by atoms with van der Waals surface area (Å²) in [6, 6.07) is -2.03. The van der Waals surface area contributed by atoms with Crippen molar-refractivity contribution >= 4 is 18.0 Å². The molecule has 1 rings (SSSR count). The second kappa shape index (κ2) is 5.70. The highest BCUT2D eigenvalue weighted by molar-refractivity contribution is 5.86. The van der Waals surface area contributed by atoms with Gasteiger partial charge in [-0.05, 0) is 25.7 Å². The molecule has 4 N–H and O–H groups in total. The number of carbonyl (C=O) groups excluding carboxylic acids is 1. The molecule has 1 aliphatic rings. The molecule has 7 nitrogen and oxygen atoms in total. The van der Waals surface area contributed by atoms with Crippen molar-refractivity contribution in [3.8, 4) is 0 Å². The first kappa shape index (κ1) is 14.3. The Morgan fingerprint density at radius 3 is 2.22 bits per heavy atom. The molecule has 0 aromatic rings. The van der Waals surface area contributed by atoms with Crippen molar-refractivity contribution in [2.45, 2.75) is 50.6 Å². The van der Waals surface area contributed by atoms with E-state index in [0.29, 0.717) is 0 Å². The number of hydrogen-bond acceptors (Lipinski definition) is 3. The summed E-state index contributed by atoms with van der Waals surface area (Å²) in [5, 5.41) is 22.2. The fraction of sp³-hybridized carbons (Fsp3) is 0.727. The van der Waals surface area contributed by atoms with E-state index in [9.17, 15) is 14.4 Å². The second-order valence-electron chi connectivity index (χ2n) is 4.57. The van der Waals surface area contributed by atoms with Crippen molar-refractivity contribution in [3.63, 3.8) is 0 Å². The molecule has 1 saturated carbocycles. The van der Waals surface area contributed by atoms with Gasteiger partial charge in [-0.1, -0.05) is 6.92 Å². The Bertz CT molecular complexity index is 346. The number of carboxylic acids is 2. The van der Waals surface area contributed by atoms with Gasteiger partial charge >= 0.3 is 18.0 Å². The topological polar surface area (TPSA) is 116 Å². The van der Waals surface area contributed by atoms with Gasteiger partial charge in [-0.3, -0.25) is 4.79 Å². The maximum absolute atomic E-state index is 11.6. The van der Waals surface area contributed by atoms with Crippen molar-refractivity contribution in [2.75, 3.05) is 0 Å². The van der Waals surface area contributed by atoms with Gasteiger partial charge < -0.3 is 20.8 Å². The van der Waals surface area contributed by atoms with E-state index < -0.39 is 30.4 Å². The van der Waals surface area contributed by atoms with Gasteiger partial charge in [0.25, 0.3) is 0 Å². The number of nitrogens with one attached hydrogen (secondary N) is 2. The van der Waals surface area contributed by atoms with Crippen molar-refractivity contribution in [1.29, 1.82) is 0 Å². The first-order chi connectivity index (χ1) is 8.38. The number of aliphatic carboxylic acids is 2. The maximum Gasteiger partial charge on any atom is 0.326 e. The predicted octanol–water partition coefficient (Wildman–Crippen LogP) is 0.546. The molecule has 1 unspecified atom stereocenters. The van der Waals surface area contributed by atoms with Crippen LogP contribution in [0.1, 0.15) is 39.0 Å². The lowest BCUT2D eigenvalue weighted by Crippen LogP contribution is -2.58. The minimum Gasteiger partial charge on any atom is -0.481 e. The van der Waals surface area contributed by atoms with Gasteiger partial charge in [0.05, 0.1) is 6.42 Å². The fourth-order valence-corrected chi connectivity index (χ4v) is 1.98. The summed E-state index contributed by atoms with van der Waals surface area (Å²) in [6.07, 6.45) is 2.91. The maximum atomic E-state index is 11.6. The molecule has 0 aliphatic heterocycles. The van der Waals surface area contributed by atoms with E-state index in [2.05, 4.69) is 10.6 Å². The van der Waals surface area contributed by atoms with E-state index in [0.717, 1.165) is 25.7 Å². The van der Waals surface area contributed by atoms with E-state index in [-0.39, 0.29) is 5.54 Å². The summed E-state index contributed by atoms with van der Waals surface area (Å²) in [5.74, 6) is -2.62. The van der Waals surface area contributed by atoms with Crippen molar-refractivity contribution < 1.29 is 24.6 Å². The van der Waals surface area contributed by atoms with Crippen LogP contribution >= 0.6 is 0 Å². The average Bonchev–Trinajstić information content (AvgIpc) is 2.21. The average molecular weight is 258 g/mol. The number of rotatable bonds is 6. The fourth-order valence-electron chi connectivity index (χ4n) is 1.98. The number of amides is 2. The highest BCUT2D eigenvalue weighted by Crippen LogP contribution is 2.34. The zero-order chi connectivity index (χ0) is 13.8. The minimum atomic E-state index is -1.41. The highest BCUT2D eigenvalue weighted by atomic mass is 16.4. The lowest BCUT2D eigenvalue weighted by atomic mass is 9.75. The molecular formula is C11H18N2O5. The normalized spacial score (nSPS) is 18.3. The van der Waals surface area contributed by atoms with E-state index in [1.807, 2.05) is 6.92 Å². The van der Waals surface area contributed by atoms with Crippen LogP contribution in [0.2, 0.25) is 0 Å². The molecule has 1 atom stereocenters. The van der Waals surface area contributed by atoms with Gasteiger partial charge in [0.2, 0.25) is 0 Å². The zero-order valence-corrected chi connectivity index (χ0v) is 10.2. The quantitative estimate of drug-likeness (QED) is 0.555. The van der Waals surface area contributed by atoms with Crippen LogP contribution in [-0.2, 0) is 9.59 Å². The lowest BCUT2D eigenvalue weighted by Gasteiger charge is -2.42. The van der Waals surface area contributed by atoms with Gasteiger partial charge in [0.15, 0.2) is 0 Å². The van der Waals surface area contributed by atoms with Crippen molar-refractivity contribution in [2.24, 2.45) is 0 Å². The lowest BCUT2D eigenvalue weighted by molar-refractivity contribution is -0.145. The molecule has 0 heterocycles. The zero-order valence-electron chi connectivity index (χ0n) is 10.2. The van der Waals surface area contributed by atoms with Gasteiger partial charge in [0.1, 0.15) is 6.04 Å². The predicted molar refractivity (Wildman–Crippen MR) is 62.2 cm³/mol. The van der Waals surface area contributed by atoms with E-state index in [4.69, 9.17) is 10.2 Å². The van der Waals surface area contributed by atoms with Crippen LogP contribution in [-0.4, -0.2) is 39.8 Å². The number of urea groups is 1. The molecule has 1 fully saturated rings. The van der Waals surface area contributed by atoms with Crippen LogP contribution in [0, 0.1) is 0 Å².